The fraction of sp³-hybridized carbons (Fsp3) is 0.881. The first-order chi connectivity index (χ1) is 37.2. The molecule has 77 heavy (non-hydrogen) atoms. The number of hydrogen-bond acceptors (Lipinski definition) is 15. The molecule has 2 fully saturated rings. The molecule has 18 heteroatoms. The Morgan fingerprint density at radius 2 is 1.13 bits per heavy atom. The van der Waals surface area contributed by atoms with Crippen LogP contribution in [-0.4, -0.2) is 163 Å². The molecule has 0 radical (unpaired) electrons. The third-order valence-electron chi connectivity index (χ3n) is 15.0. The lowest BCUT2D eigenvalue weighted by atomic mass is 9.88. The van der Waals surface area contributed by atoms with Gasteiger partial charge in [-0.2, -0.15) is 0 Å². The van der Waals surface area contributed by atoms with Gasteiger partial charge in [0.25, 0.3) is 5.79 Å². The van der Waals surface area contributed by atoms with E-state index in [9.17, 15) is 60.3 Å². The Morgan fingerprint density at radius 3 is 1.58 bits per heavy atom. The Kier molecular flexibility index (Phi) is 39.5. The molecule has 2 heterocycles. The van der Waals surface area contributed by atoms with Crippen molar-refractivity contribution in [2.45, 2.75) is 312 Å². The van der Waals surface area contributed by atoms with Gasteiger partial charge in [0.05, 0.1) is 44.1 Å². The summed E-state index contributed by atoms with van der Waals surface area (Å²) in [7, 11) is 0. The minimum absolute atomic E-state index is 0.202. The number of carboxylic acids is 1. The molecule has 2 saturated heterocycles. The highest BCUT2D eigenvalue weighted by atomic mass is 16.8. The van der Waals surface area contributed by atoms with Gasteiger partial charge in [0.2, 0.25) is 11.8 Å². The number of aliphatic hydroxyl groups excluding tert-OH is 8. The van der Waals surface area contributed by atoms with E-state index >= 15 is 0 Å². The lowest BCUT2D eigenvalue weighted by molar-refractivity contribution is -0.370. The average Bonchev–Trinajstić information content (AvgIpc) is 3.41. The maximum absolute atomic E-state index is 13.4. The van der Waals surface area contributed by atoms with Gasteiger partial charge in [0, 0.05) is 19.8 Å². The zero-order valence-corrected chi connectivity index (χ0v) is 47.6. The van der Waals surface area contributed by atoms with E-state index in [1.54, 1.807) is 6.08 Å². The maximum atomic E-state index is 13.4. The first-order valence-electron chi connectivity index (χ1n) is 30.2. The molecular weight excluding hydrogens is 993 g/mol. The van der Waals surface area contributed by atoms with E-state index in [-0.39, 0.29) is 12.3 Å². The summed E-state index contributed by atoms with van der Waals surface area (Å²) < 4.78 is 23.2. The quantitative estimate of drug-likeness (QED) is 0.0208. The normalized spacial score (nSPS) is 25.5. The topological polar surface area (TPSA) is 294 Å². The van der Waals surface area contributed by atoms with Crippen LogP contribution in [0.25, 0.3) is 0 Å². The minimum atomic E-state index is -2.96. The summed E-state index contributed by atoms with van der Waals surface area (Å²) in [4.78, 5) is 38.4. The van der Waals surface area contributed by atoms with E-state index in [2.05, 4.69) is 36.6 Å². The molecule has 0 saturated carbocycles. The summed E-state index contributed by atoms with van der Waals surface area (Å²) in [6.07, 6.45) is 25.8. The van der Waals surface area contributed by atoms with Crippen molar-refractivity contribution in [3.05, 3.63) is 24.3 Å². The lowest BCUT2D eigenvalue weighted by Gasteiger charge is -2.50. The van der Waals surface area contributed by atoms with Crippen molar-refractivity contribution in [1.82, 2.24) is 10.6 Å². The summed E-state index contributed by atoms with van der Waals surface area (Å²) in [5.41, 5.74) is 0. The summed E-state index contributed by atoms with van der Waals surface area (Å²) in [5.74, 6) is -5.88. The number of amides is 2. The SMILES string of the molecule is CCCCCCCC/C=C\CCCCCCCCCCCCCC(=O)N[C@@H](CO[C@@H]1OC(CO)[C@H](O)[C@H](O[C@]2(C(=O)O)CC(O)[C@@H](NC(C)=O)C([C@H](O)[C@H](O)CO)O2)C1O)[C@H](O)/C=C/CCCCCCCCCCCCC. The zero-order chi connectivity index (χ0) is 56.7. The van der Waals surface area contributed by atoms with E-state index < -0.39 is 117 Å². The fourth-order valence-electron chi connectivity index (χ4n) is 10.2. The molecule has 0 aromatic rings. The standard InChI is InChI=1S/C59H108N2O16/c1-4-6-8-10-12-14-16-18-19-20-21-22-23-24-25-27-29-31-33-35-37-39-50(68)61-45(46(65)38-36-34-32-30-28-26-17-15-13-11-9-7-5-2)43-74-57-54(71)56(53(70)49(42-63)75-57)77-59(58(72)73)40-47(66)51(60-44(3)64)55(76-59)52(69)48(67)41-62/h18-19,36,38,45-49,51-57,62-63,65-67,69-71H,4-17,20-35,37,39-43H2,1-3H3,(H,60,64)(H,61,68)(H,72,73)/b19-18-,38-36+/t45-,46+,47?,48+,49?,51+,52+,53-,54?,55?,56-,57+,59-/m0/s1. The van der Waals surface area contributed by atoms with Crippen molar-refractivity contribution in [2.75, 3.05) is 19.8 Å². The first kappa shape index (κ1) is 70.5. The lowest BCUT2D eigenvalue weighted by Crippen LogP contribution is -2.70. The molecule has 18 nitrogen and oxygen atoms in total. The molecule has 0 aromatic heterocycles. The Morgan fingerprint density at radius 1 is 0.662 bits per heavy atom. The van der Waals surface area contributed by atoms with Crippen LogP contribution in [0.1, 0.15) is 233 Å². The second-order valence-corrected chi connectivity index (χ2v) is 21.9. The number of aliphatic hydroxyl groups is 8. The molecule has 2 aliphatic rings. The van der Waals surface area contributed by atoms with Gasteiger partial charge < -0.3 is 75.5 Å². The fourth-order valence-corrected chi connectivity index (χ4v) is 10.2. The second kappa shape index (κ2) is 43.2. The van der Waals surface area contributed by atoms with Crippen LogP contribution < -0.4 is 10.6 Å². The minimum Gasteiger partial charge on any atom is -0.477 e. The molecule has 13 atom stereocenters. The smallest absolute Gasteiger partial charge is 0.364 e. The number of carbonyl (C=O) groups is 3. The van der Waals surface area contributed by atoms with Gasteiger partial charge in [-0.05, 0) is 44.9 Å². The molecule has 11 N–H and O–H groups in total. The third kappa shape index (κ3) is 29.1. The number of carboxylic acid groups (broad SMARTS) is 1. The predicted octanol–water partition coefficient (Wildman–Crippen LogP) is 7.46. The molecule has 2 aliphatic heterocycles. The summed E-state index contributed by atoms with van der Waals surface area (Å²) in [5, 5.41) is 102. The largest absolute Gasteiger partial charge is 0.477 e. The van der Waals surface area contributed by atoms with Crippen LogP contribution in [0.15, 0.2) is 24.3 Å². The average molecular weight is 1100 g/mol. The van der Waals surface area contributed by atoms with Crippen molar-refractivity contribution in [1.29, 1.82) is 0 Å². The van der Waals surface area contributed by atoms with Gasteiger partial charge in [-0.15, -0.1) is 0 Å². The van der Waals surface area contributed by atoms with Crippen molar-refractivity contribution in [3.8, 4) is 0 Å². The molecule has 0 aliphatic carbocycles. The molecule has 0 aromatic carbocycles. The van der Waals surface area contributed by atoms with Crippen LogP contribution in [0.5, 0.6) is 0 Å². The van der Waals surface area contributed by atoms with Crippen LogP contribution in [0, 0.1) is 0 Å². The van der Waals surface area contributed by atoms with E-state index in [4.69, 9.17) is 18.9 Å². The highest BCUT2D eigenvalue weighted by Crippen LogP contribution is 2.37. The number of unbranched alkanes of at least 4 members (excludes halogenated alkanes) is 28. The van der Waals surface area contributed by atoms with Gasteiger partial charge in [-0.25, -0.2) is 4.79 Å². The Bertz CT molecular complexity index is 1570. The van der Waals surface area contributed by atoms with Crippen molar-refractivity contribution in [2.24, 2.45) is 0 Å². The first-order valence-corrected chi connectivity index (χ1v) is 30.2. The van der Waals surface area contributed by atoms with Gasteiger partial charge in [-0.3, -0.25) is 9.59 Å². The molecule has 2 amide bonds. The van der Waals surface area contributed by atoms with Crippen LogP contribution in [0.2, 0.25) is 0 Å². The van der Waals surface area contributed by atoms with Crippen molar-refractivity contribution < 1.29 is 79.3 Å². The van der Waals surface area contributed by atoms with E-state index in [1.807, 2.05) is 6.08 Å². The summed E-state index contributed by atoms with van der Waals surface area (Å²) >= 11 is 0. The number of rotatable bonds is 47. The van der Waals surface area contributed by atoms with Crippen LogP contribution in [0.4, 0.5) is 0 Å². The van der Waals surface area contributed by atoms with Crippen molar-refractivity contribution >= 4 is 17.8 Å². The second-order valence-electron chi connectivity index (χ2n) is 21.9. The van der Waals surface area contributed by atoms with Crippen LogP contribution in [0.3, 0.4) is 0 Å². The van der Waals surface area contributed by atoms with Gasteiger partial charge in [0.1, 0.15) is 42.7 Å². The third-order valence-corrected chi connectivity index (χ3v) is 15.0. The molecule has 0 spiro atoms. The number of carbonyl (C=O) groups excluding carboxylic acids is 2. The summed E-state index contributed by atoms with van der Waals surface area (Å²) in [6.45, 7) is 3.24. The van der Waals surface area contributed by atoms with E-state index in [0.717, 1.165) is 51.9 Å². The number of ether oxygens (including phenoxy) is 4. The van der Waals surface area contributed by atoms with E-state index in [1.165, 1.54) is 141 Å². The van der Waals surface area contributed by atoms with E-state index in [0.29, 0.717) is 12.8 Å². The van der Waals surface area contributed by atoms with Crippen molar-refractivity contribution in [3.63, 3.8) is 0 Å². The molecule has 4 unspecified atom stereocenters. The number of hydrogen-bond donors (Lipinski definition) is 11. The maximum Gasteiger partial charge on any atom is 0.364 e. The highest BCUT2D eigenvalue weighted by Gasteiger charge is 2.59. The number of nitrogens with one attached hydrogen (secondary N) is 2. The van der Waals surface area contributed by atoms with Gasteiger partial charge >= 0.3 is 5.97 Å². The Balaban J connectivity index is 2.00. The van der Waals surface area contributed by atoms with Crippen LogP contribution >= 0.6 is 0 Å². The molecule has 0 bridgehead atoms. The van der Waals surface area contributed by atoms with Gasteiger partial charge in [0.15, 0.2) is 6.29 Å². The Hall–Kier alpha value is -2.59. The van der Waals surface area contributed by atoms with Gasteiger partial charge in [-0.1, -0.05) is 192 Å². The number of allylic oxidation sites excluding steroid dienone is 3. The predicted molar refractivity (Wildman–Crippen MR) is 296 cm³/mol. The molecule has 450 valence electrons. The van der Waals surface area contributed by atoms with Crippen LogP contribution in [-0.2, 0) is 33.3 Å². The highest BCUT2D eigenvalue weighted by molar-refractivity contribution is 5.77. The summed E-state index contributed by atoms with van der Waals surface area (Å²) in [6, 6.07) is -2.56. The monoisotopic (exact) mass is 1100 g/mol. The Labute approximate surface area is 462 Å². The molecular formula is C59H108N2O16. The zero-order valence-electron chi connectivity index (χ0n) is 47.6. The number of aliphatic carboxylic acids is 1. The molecule has 2 rings (SSSR count).